The summed E-state index contributed by atoms with van der Waals surface area (Å²) < 4.78 is 0. The van der Waals surface area contributed by atoms with E-state index in [1.807, 2.05) is 0 Å². The van der Waals surface area contributed by atoms with Gasteiger partial charge in [0.2, 0.25) is 0 Å². The van der Waals surface area contributed by atoms with Crippen LogP contribution in [0.4, 0.5) is 0 Å². The Kier molecular flexibility index (Phi) is 25.3. The van der Waals surface area contributed by atoms with E-state index in [0.717, 1.165) is 0 Å². The van der Waals surface area contributed by atoms with Crippen LogP contribution in [0.15, 0.2) is 36.4 Å². The van der Waals surface area contributed by atoms with Crippen molar-refractivity contribution >= 4 is 19.4 Å². The Morgan fingerprint density at radius 2 is 1.53 bits per heavy atom. The fourth-order valence-corrected chi connectivity index (χ4v) is 2.06. The van der Waals surface area contributed by atoms with Crippen LogP contribution in [0.25, 0.3) is 10.8 Å². The fourth-order valence-electron chi connectivity index (χ4n) is 1.56. The molecule has 0 saturated carbocycles. The van der Waals surface area contributed by atoms with Crippen LogP contribution in [0, 0.1) is 6.92 Å². The molecule has 0 radical (unpaired) electrons. The minimum absolute atomic E-state index is 0. The van der Waals surface area contributed by atoms with Crippen molar-refractivity contribution < 1.29 is 63.4 Å². The first kappa shape index (κ1) is 28.2. The van der Waals surface area contributed by atoms with Crippen LogP contribution in [0.1, 0.15) is 19.4 Å². The Morgan fingerprint density at radius 1 is 1.00 bits per heavy atom. The van der Waals surface area contributed by atoms with Crippen LogP contribution in [0.5, 0.6) is 0 Å². The monoisotopic (exact) mass is 414 g/mol. The van der Waals surface area contributed by atoms with E-state index in [1.54, 1.807) is 0 Å². The summed E-state index contributed by atoms with van der Waals surface area (Å²) in [6.45, 7) is 6.57. The smallest absolute Gasteiger partial charge is 1.00 e. The van der Waals surface area contributed by atoms with Gasteiger partial charge in [-0.25, -0.2) is 0 Å². The van der Waals surface area contributed by atoms with Crippen LogP contribution in [-0.2, 0) is 26.2 Å². The van der Waals surface area contributed by atoms with Gasteiger partial charge in [-0.1, -0.05) is 26.8 Å². The largest absolute Gasteiger partial charge is 4.00 e. The zero-order chi connectivity index (χ0) is 11.1. The van der Waals surface area contributed by atoms with Gasteiger partial charge in [-0.3, -0.25) is 0 Å². The van der Waals surface area contributed by atoms with Gasteiger partial charge in [0.1, 0.15) is 0 Å². The summed E-state index contributed by atoms with van der Waals surface area (Å²) >= 11 is 0. The molecule has 2 rings (SSSR count). The number of halogens is 3. The molecule has 0 heterocycles. The third kappa shape index (κ3) is 11.4. The Hall–Kier alpha value is 1.01. The first-order chi connectivity index (χ1) is 7.27. The molecule has 0 atom stereocenters. The van der Waals surface area contributed by atoms with Gasteiger partial charge in [0.25, 0.3) is 0 Å². The molecule has 0 N–H and O–H groups in total. The van der Waals surface area contributed by atoms with Gasteiger partial charge < -0.3 is 37.2 Å². The van der Waals surface area contributed by atoms with Crippen molar-refractivity contribution in [3.05, 3.63) is 42.0 Å². The van der Waals surface area contributed by atoms with E-state index in [9.17, 15) is 0 Å². The van der Waals surface area contributed by atoms with Crippen molar-refractivity contribution in [3.8, 4) is 0 Å². The predicted octanol–water partition coefficient (Wildman–Crippen LogP) is -4.42. The number of hydrogen-bond acceptors (Lipinski definition) is 0. The molecule has 0 aromatic heterocycles. The molecule has 2 aromatic carbocycles. The molecule has 0 fully saturated rings. The Bertz CT molecular complexity index is 369. The maximum absolute atomic E-state index is 2.22. The molecule has 0 bridgehead atoms. The van der Waals surface area contributed by atoms with E-state index in [-0.39, 0.29) is 63.4 Å². The zero-order valence-corrected chi connectivity index (χ0v) is 17.2. The number of rotatable bonds is 2. The molecule has 106 valence electrons. The topological polar surface area (TPSA) is 0 Å². The van der Waals surface area contributed by atoms with Crippen molar-refractivity contribution in [1.82, 2.24) is 0 Å². The predicted molar refractivity (Wildman–Crippen MR) is 73.7 cm³/mol. The van der Waals surface area contributed by atoms with E-state index in [1.165, 1.54) is 37.2 Å². The van der Waals surface area contributed by atoms with Gasteiger partial charge in [0.05, 0.1) is 0 Å². The number of fused-ring (bicyclic) bond motifs is 1. The Morgan fingerprint density at radius 3 is 1.95 bits per heavy atom. The number of hydrogen-bond donors (Lipinski definition) is 0. The minimum atomic E-state index is 0. The molecule has 0 aliphatic heterocycles. The molecule has 2 aromatic rings. The van der Waals surface area contributed by atoms with Crippen LogP contribution in [-0.4, -0.2) is 12.3 Å². The maximum Gasteiger partial charge on any atom is 4.00 e. The normalized spacial score (nSPS) is 7.74. The molecule has 0 amide bonds. The van der Waals surface area contributed by atoms with Crippen molar-refractivity contribution in [2.75, 3.05) is 12.3 Å². The van der Waals surface area contributed by atoms with Crippen molar-refractivity contribution in [3.63, 3.8) is 0 Å². The van der Waals surface area contributed by atoms with Crippen LogP contribution in [0.2, 0.25) is 0 Å². The van der Waals surface area contributed by atoms with E-state index in [2.05, 4.69) is 57.2 Å². The average Bonchev–Trinajstić information content (AvgIpc) is 2.60. The summed E-state index contributed by atoms with van der Waals surface area (Å²) in [7, 11) is 1.20. The summed E-state index contributed by atoms with van der Waals surface area (Å²) in [6.07, 6.45) is 2.74. The van der Waals surface area contributed by atoms with Gasteiger partial charge in [-0.2, -0.15) is 6.07 Å². The molecular formula is C14H20Cl3PZr. The molecule has 0 saturated heterocycles. The summed E-state index contributed by atoms with van der Waals surface area (Å²) in [5, 5.41) is 2.69. The van der Waals surface area contributed by atoms with Crippen LogP contribution >= 0.6 is 8.58 Å². The van der Waals surface area contributed by atoms with Crippen molar-refractivity contribution in [2.45, 2.75) is 20.8 Å². The van der Waals surface area contributed by atoms with Gasteiger partial charge in [0.15, 0.2) is 0 Å². The molecule has 0 spiro atoms. The van der Waals surface area contributed by atoms with E-state index in [0.29, 0.717) is 0 Å². The average molecular weight is 417 g/mol. The van der Waals surface area contributed by atoms with Crippen LogP contribution in [0.3, 0.4) is 0 Å². The number of aryl methyl sites for hydroxylation is 1. The van der Waals surface area contributed by atoms with Crippen LogP contribution < -0.4 is 37.2 Å². The van der Waals surface area contributed by atoms with Crippen molar-refractivity contribution in [2.24, 2.45) is 0 Å². The second kappa shape index (κ2) is 17.1. The third-order valence-electron chi connectivity index (χ3n) is 2.26. The number of benzene rings is 1. The quantitative estimate of drug-likeness (QED) is 0.342. The Labute approximate surface area is 157 Å². The van der Waals surface area contributed by atoms with Gasteiger partial charge in [-0.15, -0.1) is 49.2 Å². The summed E-state index contributed by atoms with van der Waals surface area (Å²) in [4.78, 5) is 0. The first-order valence-electron chi connectivity index (χ1n) is 5.60. The van der Waals surface area contributed by atoms with E-state index < -0.39 is 0 Å². The third-order valence-corrected chi connectivity index (χ3v) is 3.26. The van der Waals surface area contributed by atoms with E-state index >= 15 is 0 Å². The Balaban J connectivity index is -0.000000113. The second-order valence-corrected chi connectivity index (χ2v) is 5.53. The molecule has 19 heavy (non-hydrogen) atoms. The second-order valence-electron chi connectivity index (χ2n) is 3.62. The molecule has 0 aliphatic carbocycles. The maximum atomic E-state index is 2.22. The summed E-state index contributed by atoms with van der Waals surface area (Å²) in [6, 6.07) is 12.8. The molecule has 0 unspecified atom stereocenters. The van der Waals surface area contributed by atoms with Gasteiger partial charge in [-0.05, 0) is 12.3 Å². The fraction of sp³-hybridized carbons (Fsp3) is 0.357. The SMILES string of the molecule is CCPCC.Cc1cc2ccccc2[cH-]1.[Cl-].[Cl-].[Cl-].[Zr+4]. The molecular weight excluding hydrogens is 397 g/mol. The summed E-state index contributed by atoms with van der Waals surface area (Å²) in [5.74, 6) is 0. The summed E-state index contributed by atoms with van der Waals surface area (Å²) in [5.41, 5.74) is 1.35. The minimum Gasteiger partial charge on any atom is -1.00 e. The van der Waals surface area contributed by atoms with Crippen molar-refractivity contribution in [1.29, 1.82) is 0 Å². The van der Waals surface area contributed by atoms with Gasteiger partial charge >= 0.3 is 26.2 Å². The molecule has 5 heteroatoms. The van der Waals surface area contributed by atoms with Gasteiger partial charge in [0, 0.05) is 0 Å². The van der Waals surface area contributed by atoms with E-state index in [4.69, 9.17) is 0 Å². The first-order valence-corrected chi connectivity index (χ1v) is 7.02. The zero-order valence-electron chi connectivity index (χ0n) is 11.5. The standard InChI is InChI=1S/C10H9.C4H11P.3ClH.Zr/c1-8-6-9-4-2-3-5-10(9)7-8;1-3-5-4-2;;;;/h2-7H,1H3;5H,3-4H2,1-2H3;3*1H;/q-1;;;;;+4/p-3. The molecule has 0 nitrogen and oxygen atoms in total. The molecule has 0 aliphatic rings.